The van der Waals surface area contributed by atoms with Gasteiger partial charge in [-0.15, -0.1) is 0 Å². The van der Waals surface area contributed by atoms with E-state index >= 15 is 0 Å². The van der Waals surface area contributed by atoms with Gasteiger partial charge in [0.1, 0.15) is 0 Å². The number of aryl methyl sites for hydroxylation is 1. The minimum absolute atomic E-state index is 0.107. The van der Waals surface area contributed by atoms with Crippen molar-refractivity contribution < 1.29 is 9.53 Å². The highest BCUT2D eigenvalue weighted by Gasteiger charge is 2.23. The second-order valence-corrected chi connectivity index (χ2v) is 6.06. The van der Waals surface area contributed by atoms with Crippen molar-refractivity contribution in [3.63, 3.8) is 0 Å². The van der Waals surface area contributed by atoms with E-state index in [0.717, 1.165) is 43.7 Å². The Balaban J connectivity index is 2.06. The van der Waals surface area contributed by atoms with Crippen LogP contribution in [0.25, 0.3) is 0 Å². The molecule has 1 amide bonds. The molecular weight excluding hydrogens is 264 g/mol. The van der Waals surface area contributed by atoms with Gasteiger partial charge in [-0.1, -0.05) is 17.7 Å². The zero-order chi connectivity index (χ0) is 15.2. The molecule has 0 N–H and O–H groups in total. The Bertz CT molecular complexity index is 468. The zero-order valence-electron chi connectivity index (χ0n) is 13.3. The number of benzene rings is 1. The molecule has 0 spiro atoms. The lowest BCUT2D eigenvalue weighted by molar-refractivity contribution is 0.0512. The number of likely N-dealkylation sites (N-methyl/N-ethyl adjacent to an activating group) is 1. The molecule has 1 aromatic carbocycles. The van der Waals surface area contributed by atoms with Crippen LogP contribution >= 0.6 is 0 Å². The fourth-order valence-corrected chi connectivity index (χ4v) is 2.59. The Labute approximate surface area is 127 Å². The van der Waals surface area contributed by atoms with E-state index in [1.807, 2.05) is 50.2 Å². The van der Waals surface area contributed by atoms with Crippen molar-refractivity contribution in [2.75, 3.05) is 40.3 Å². The van der Waals surface area contributed by atoms with Crippen molar-refractivity contribution in [2.45, 2.75) is 25.9 Å². The molecule has 0 radical (unpaired) electrons. The molecule has 116 valence electrons. The molecular formula is C17H26N2O2. The van der Waals surface area contributed by atoms with Crippen molar-refractivity contribution in [1.29, 1.82) is 0 Å². The molecule has 0 aliphatic carbocycles. The maximum Gasteiger partial charge on any atom is 0.253 e. The fraction of sp³-hybridized carbons (Fsp3) is 0.588. The Hall–Kier alpha value is -1.39. The topological polar surface area (TPSA) is 32.8 Å². The van der Waals surface area contributed by atoms with Crippen molar-refractivity contribution >= 4 is 5.91 Å². The molecule has 1 aliphatic rings. The highest BCUT2D eigenvalue weighted by molar-refractivity contribution is 5.94. The standard InChI is InChI=1S/C17H26N2O2/c1-14-6-4-7-15(12-14)17(20)19(10-9-18(2)3)13-16-8-5-11-21-16/h4,6-7,12,16H,5,8-11,13H2,1-3H3. The van der Waals surface area contributed by atoms with Gasteiger partial charge < -0.3 is 14.5 Å². The molecule has 1 aromatic rings. The van der Waals surface area contributed by atoms with Crippen molar-refractivity contribution in [3.05, 3.63) is 35.4 Å². The highest BCUT2D eigenvalue weighted by atomic mass is 16.5. The first kappa shape index (κ1) is 16.0. The van der Waals surface area contributed by atoms with E-state index in [9.17, 15) is 4.79 Å². The predicted octanol–water partition coefficient (Wildman–Crippen LogP) is 2.18. The summed E-state index contributed by atoms with van der Waals surface area (Å²) in [5.41, 5.74) is 1.89. The van der Waals surface area contributed by atoms with Crippen LogP contribution in [0.2, 0.25) is 0 Å². The van der Waals surface area contributed by atoms with Gasteiger partial charge in [0.25, 0.3) is 5.91 Å². The van der Waals surface area contributed by atoms with E-state index in [1.165, 1.54) is 0 Å². The summed E-state index contributed by atoms with van der Waals surface area (Å²) < 4.78 is 5.69. The summed E-state index contributed by atoms with van der Waals surface area (Å²) in [4.78, 5) is 16.8. The minimum Gasteiger partial charge on any atom is -0.376 e. The van der Waals surface area contributed by atoms with Crippen LogP contribution in [-0.2, 0) is 4.74 Å². The van der Waals surface area contributed by atoms with E-state index in [1.54, 1.807) is 0 Å². The smallest absolute Gasteiger partial charge is 0.253 e. The van der Waals surface area contributed by atoms with E-state index in [4.69, 9.17) is 4.74 Å². The first-order valence-corrected chi connectivity index (χ1v) is 7.68. The van der Waals surface area contributed by atoms with Crippen molar-refractivity contribution in [3.8, 4) is 0 Å². The van der Waals surface area contributed by atoms with E-state index < -0.39 is 0 Å². The molecule has 1 aliphatic heterocycles. The zero-order valence-corrected chi connectivity index (χ0v) is 13.3. The summed E-state index contributed by atoms with van der Waals surface area (Å²) in [5.74, 6) is 0.107. The van der Waals surface area contributed by atoms with E-state index in [0.29, 0.717) is 6.54 Å². The second kappa shape index (κ2) is 7.57. The lowest BCUT2D eigenvalue weighted by atomic mass is 10.1. The van der Waals surface area contributed by atoms with Gasteiger partial charge in [0.05, 0.1) is 6.10 Å². The molecule has 4 nitrogen and oxygen atoms in total. The van der Waals surface area contributed by atoms with Crippen LogP contribution in [-0.4, -0.2) is 62.1 Å². The average molecular weight is 290 g/mol. The highest BCUT2D eigenvalue weighted by Crippen LogP contribution is 2.15. The number of hydrogen-bond acceptors (Lipinski definition) is 3. The molecule has 0 saturated carbocycles. The maximum absolute atomic E-state index is 12.7. The van der Waals surface area contributed by atoms with Gasteiger partial charge in [0, 0.05) is 31.8 Å². The molecule has 1 saturated heterocycles. The summed E-state index contributed by atoms with van der Waals surface area (Å²) in [5, 5.41) is 0. The second-order valence-electron chi connectivity index (χ2n) is 6.06. The van der Waals surface area contributed by atoms with Gasteiger partial charge in [0.15, 0.2) is 0 Å². The molecule has 1 fully saturated rings. The summed E-state index contributed by atoms with van der Waals surface area (Å²) in [6.07, 6.45) is 2.35. The van der Waals surface area contributed by atoms with E-state index in [-0.39, 0.29) is 12.0 Å². The lowest BCUT2D eigenvalue weighted by Crippen LogP contribution is -2.41. The van der Waals surface area contributed by atoms with Crippen LogP contribution in [0.5, 0.6) is 0 Å². The van der Waals surface area contributed by atoms with Crippen LogP contribution < -0.4 is 0 Å². The Morgan fingerprint density at radius 2 is 2.14 bits per heavy atom. The van der Waals surface area contributed by atoms with Gasteiger partial charge >= 0.3 is 0 Å². The molecule has 21 heavy (non-hydrogen) atoms. The van der Waals surface area contributed by atoms with Crippen LogP contribution in [0, 0.1) is 6.92 Å². The fourth-order valence-electron chi connectivity index (χ4n) is 2.59. The van der Waals surface area contributed by atoms with Crippen LogP contribution in [0.4, 0.5) is 0 Å². The number of amides is 1. The van der Waals surface area contributed by atoms with Gasteiger partial charge in [0.2, 0.25) is 0 Å². The number of hydrogen-bond donors (Lipinski definition) is 0. The van der Waals surface area contributed by atoms with Gasteiger partial charge in [-0.2, -0.15) is 0 Å². The number of carbonyl (C=O) groups excluding carboxylic acids is 1. The van der Waals surface area contributed by atoms with Gasteiger partial charge in [-0.3, -0.25) is 4.79 Å². The van der Waals surface area contributed by atoms with Gasteiger partial charge in [-0.25, -0.2) is 0 Å². The summed E-state index contributed by atoms with van der Waals surface area (Å²) >= 11 is 0. The molecule has 4 heteroatoms. The SMILES string of the molecule is Cc1cccc(C(=O)N(CCN(C)C)CC2CCCO2)c1. The van der Waals surface area contributed by atoms with Crippen molar-refractivity contribution in [1.82, 2.24) is 9.80 Å². The first-order chi connectivity index (χ1) is 10.1. The summed E-state index contributed by atoms with van der Waals surface area (Å²) in [6.45, 7) is 5.14. The summed E-state index contributed by atoms with van der Waals surface area (Å²) in [7, 11) is 4.06. The summed E-state index contributed by atoms with van der Waals surface area (Å²) in [6, 6.07) is 7.81. The van der Waals surface area contributed by atoms with Crippen LogP contribution in [0.15, 0.2) is 24.3 Å². The lowest BCUT2D eigenvalue weighted by Gasteiger charge is -2.27. The van der Waals surface area contributed by atoms with Crippen molar-refractivity contribution in [2.24, 2.45) is 0 Å². The largest absolute Gasteiger partial charge is 0.376 e. The first-order valence-electron chi connectivity index (χ1n) is 7.68. The molecule has 1 heterocycles. The Morgan fingerprint density at radius 1 is 1.33 bits per heavy atom. The third kappa shape index (κ3) is 4.83. The normalized spacial score (nSPS) is 18.2. The molecule has 0 aromatic heterocycles. The monoisotopic (exact) mass is 290 g/mol. The average Bonchev–Trinajstić information content (AvgIpc) is 2.95. The van der Waals surface area contributed by atoms with Crippen LogP contribution in [0.1, 0.15) is 28.8 Å². The third-order valence-electron chi connectivity index (χ3n) is 3.82. The molecule has 0 bridgehead atoms. The predicted molar refractivity (Wildman–Crippen MR) is 84.6 cm³/mol. The quantitative estimate of drug-likeness (QED) is 0.805. The van der Waals surface area contributed by atoms with Crippen LogP contribution in [0.3, 0.4) is 0 Å². The maximum atomic E-state index is 12.7. The Kier molecular flexibility index (Phi) is 5.76. The number of carbonyl (C=O) groups is 1. The van der Waals surface area contributed by atoms with Gasteiger partial charge in [-0.05, 0) is 46.0 Å². The number of rotatable bonds is 6. The molecule has 1 unspecified atom stereocenters. The number of nitrogens with zero attached hydrogens (tertiary/aromatic N) is 2. The Morgan fingerprint density at radius 3 is 2.76 bits per heavy atom. The molecule has 1 atom stereocenters. The van der Waals surface area contributed by atoms with E-state index in [2.05, 4.69) is 4.90 Å². The molecule has 2 rings (SSSR count). The minimum atomic E-state index is 0.107. The third-order valence-corrected chi connectivity index (χ3v) is 3.82. The number of ether oxygens (including phenoxy) is 1.